The van der Waals surface area contributed by atoms with Crippen LogP contribution < -0.4 is 26.6 Å². The second-order valence-corrected chi connectivity index (χ2v) is 19.9. The third kappa shape index (κ3) is 7.46. The van der Waals surface area contributed by atoms with Crippen LogP contribution in [0.25, 0.3) is 5.69 Å². The van der Waals surface area contributed by atoms with Crippen molar-refractivity contribution in [2.75, 3.05) is 24.6 Å². The van der Waals surface area contributed by atoms with Crippen LogP contribution in [-0.2, 0) is 15.6 Å². The average Bonchev–Trinajstić information content (AvgIpc) is 3.71. The van der Waals surface area contributed by atoms with Crippen LogP contribution in [0.1, 0.15) is 42.3 Å². The molecule has 0 spiro atoms. The molecule has 6 rings (SSSR count). The smallest absolute Gasteiger partial charge is 0.414 e. The minimum absolute atomic E-state index is 0.0920. The zero-order chi connectivity index (χ0) is 36.3. The highest BCUT2D eigenvalue weighted by atomic mass is 35.5. The van der Waals surface area contributed by atoms with E-state index in [1.54, 1.807) is 21.7 Å². The summed E-state index contributed by atoms with van der Waals surface area (Å²) in [6, 6.07) is 32.2. The quantitative estimate of drug-likeness (QED) is 0.0893. The molecule has 264 valence electrons. The number of pyridine rings is 1. The first-order valence-corrected chi connectivity index (χ1v) is 20.1. The monoisotopic (exact) mass is 738 g/mol. The van der Waals surface area contributed by atoms with E-state index in [4.69, 9.17) is 26.5 Å². The molecular formula is C40H43ClN4O4SSi. The van der Waals surface area contributed by atoms with Crippen LogP contribution in [0.3, 0.4) is 0 Å². The molecule has 0 bridgehead atoms. The first kappa shape index (κ1) is 36.3. The zero-order valence-corrected chi connectivity index (χ0v) is 32.1. The van der Waals surface area contributed by atoms with Gasteiger partial charge in [-0.1, -0.05) is 99.1 Å². The standard InChI is InChI=1S/C40H43ClN4O4SSi/c1-27-23-30(45-26-31(49-39(45)47)25-43-37(42)34-18-19-35(41)50-34)24-28(2)36(27)44-21-12-13-29(38(44)46)20-22-48-51(40(3,4)5,32-14-8-6-9-15-32)33-16-10-7-11-17-33/h6-19,21,23-24,31H,20,22,25-26H2,1-5H3,(H2,42,43)/t31-/m0/s1. The molecule has 1 atom stereocenters. The van der Waals surface area contributed by atoms with E-state index in [1.807, 2.05) is 56.3 Å². The predicted molar refractivity (Wildman–Crippen MR) is 211 cm³/mol. The van der Waals surface area contributed by atoms with Crippen molar-refractivity contribution < 1.29 is 14.0 Å². The number of carbonyl (C=O) groups is 1. The van der Waals surface area contributed by atoms with E-state index in [9.17, 15) is 9.59 Å². The number of amidine groups is 1. The van der Waals surface area contributed by atoms with Crippen molar-refractivity contribution in [1.29, 1.82) is 0 Å². The number of halogens is 1. The highest BCUT2D eigenvalue weighted by molar-refractivity contribution is 7.18. The van der Waals surface area contributed by atoms with Crippen molar-refractivity contribution in [3.8, 4) is 5.69 Å². The summed E-state index contributed by atoms with van der Waals surface area (Å²) in [5.41, 5.74) is 9.92. The number of ether oxygens (including phenoxy) is 1. The maximum Gasteiger partial charge on any atom is 0.414 e. The van der Waals surface area contributed by atoms with Gasteiger partial charge in [-0.2, -0.15) is 0 Å². The van der Waals surface area contributed by atoms with E-state index in [0.717, 1.165) is 21.7 Å². The lowest BCUT2D eigenvalue weighted by atomic mass is 10.1. The van der Waals surface area contributed by atoms with Crippen LogP contribution in [-0.4, -0.2) is 50.6 Å². The molecule has 11 heteroatoms. The number of rotatable bonds is 11. The Bertz CT molecular complexity index is 2050. The molecule has 1 amide bonds. The van der Waals surface area contributed by atoms with Gasteiger partial charge >= 0.3 is 6.09 Å². The first-order chi connectivity index (χ1) is 24.4. The van der Waals surface area contributed by atoms with Crippen molar-refractivity contribution in [3.63, 3.8) is 0 Å². The Labute approximate surface area is 309 Å². The van der Waals surface area contributed by atoms with Crippen molar-refractivity contribution >= 4 is 59.2 Å². The summed E-state index contributed by atoms with van der Waals surface area (Å²) >= 11 is 7.37. The number of cyclic esters (lactones) is 1. The van der Waals surface area contributed by atoms with Crippen LogP contribution in [0.15, 0.2) is 113 Å². The summed E-state index contributed by atoms with van der Waals surface area (Å²) in [6.07, 6.45) is 1.37. The van der Waals surface area contributed by atoms with E-state index in [1.165, 1.54) is 21.7 Å². The number of hydrogen-bond donors (Lipinski definition) is 1. The minimum Gasteiger partial charge on any atom is -0.442 e. The molecule has 1 aliphatic heterocycles. The number of aliphatic imine (C=N–C) groups is 1. The van der Waals surface area contributed by atoms with Crippen LogP contribution in [0.5, 0.6) is 0 Å². The largest absolute Gasteiger partial charge is 0.442 e. The molecule has 0 unspecified atom stereocenters. The van der Waals surface area contributed by atoms with Gasteiger partial charge in [0.05, 0.1) is 28.0 Å². The number of carbonyl (C=O) groups excluding carboxylic acids is 1. The Hall–Kier alpha value is -4.48. The number of aromatic nitrogens is 1. The predicted octanol–water partition coefficient (Wildman–Crippen LogP) is 7.02. The first-order valence-electron chi connectivity index (χ1n) is 17.0. The Morgan fingerprint density at radius 3 is 2.16 bits per heavy atom. The molecule has 1 fully saturated rings. The molecule has 3 heterocycles. The molecule has 1 aliphatic rings. The van der Waals surface area contributed by atoms with Gasteiger partial charge in [0.2, 0.25) is 0 Å². The lowest BCUT2D eigenvalue weighted by Crippen LogP contribution is -2.66. The minimum atomic E-state index is -2.74. The fourth-order valence-corrected chi connectivity index (χ4v) is 12.5. The number of amides is 1. The van der Waals surface area contributed by atoms with Gasteiger partial charge in [-0.05, 0) is 77.1 Å². The molecule has 2 N–H and O–H groups in total. The maximum atomic E-state index is 14.0. The van der Waals surface area contributed by atoms with E-state index in [2.05, 4.69) is 74.3 Å². The third-order valence-electron chi connectivity index (χ3n) is 9.33. The molecule has 1 saturated heterocycles. The molecular weight excluding hydrogens is 696 g/mol. The summed E-state index contributed by atoms with van der Waals surface area (Å²) in [7, 11) is -2.74. The van der Waals surface area contributed by atoms with Gasteiger partial charge in [-0.15, -0.1) is 11.3 Å². The normalized spacial score (nSPS) is 15.3. The highest BCUT2D eigenvalue weighted by Crippen LogP contribution is 2.37. The van der Waals surface area contributed by atoms with Gasteiger partial charge in [-0.3, -0.25) is 19.3 Å². The fraction of sp³-hybridized carbons (Fsp3) is 0.275. The van der Waals surface area contributed by atoms with E-state index in [0.29, 0.717) is 41.0 Å². The second-order valence-electron chi connectivity index (χ2n) is 13.8. The molecule has 0 saturated carbocycles. The van der Waals surface area contributed by atoms with Gasteiger partial charge < -0.3 is 14.9 Å². The summed E-state index contributed by atoms with van der Waals surface area (Å²) in [5, 5.41) is 2.24. The van der Waals surface area contributed by atoms with Gasteiger partial charge in [0, 0.05) is 24.1 Å². The van der Waals surface area contributed by atoms with Gasteiger partial charge in [0.1, 0.15) is 11.9 Å². The molecule has 2 aromatic heterocycles. The molecule has 0 radical (unpaired) electrons. The Morgan fingerprint density at radius 1 is 0.961 bits per heavy atom. The molecule has 3 aromatic carbocycles. The molecule has 51 heavy (non-hydrogen) atoms. The average molecular weight is 739 g/mol. The topological polar surface area (TPSA) is 99.2 Å². The second kappa shape index (κ2) is 15.0. The maximum absolute atomic E-state index is 14.0. The van der Waals surface area contributed by atoms with Gasteiger partial charge in [0.15, 0.2) is 0 Å². The van der Waals surface area contributed by atoms with E-state index in [-0.39, 0.29) is 17.1 Å². The van der Waals surface area contributed by atoms with E-state index < -0.39 is 20.5 Å². The summed E-state index contributed by atoms with van der Waals surface area (Å²) < 4.78 is 15.0. The van der Waals surface area contributed by atoms with Crippen LogP contribution in [0.4, 0.5) is 10.5 Å². The third-order valence-corrected chi connectivity index (χ3v) is 15.6. The number of hydrogen-bond acceptors (Lipinski definition) is 6. The van der Waals surface area contributed by atoms with Crippen LogP contribution >= 0.6 is 22.9 Å². The Balaban J connectivity index is 1.21. The summed E-state index contributed by atoms with van der Waals surface area (Å²) in [4.78, 5) is 33.8. The highest BCUT2D eigenvalue weighted by Gasteiger charge is 2.50. The zero-order valence-electron chi connectivity index (χ0n) is 29.6. The van der Waals surface area contributed by atoms with E-state index >= 15 is 0 Å². The molecule has 8 nitrogen and oxygen atoms in total. The number of thiophene rings is 1. The number of benzene rings is 3. The number of anilines is 1. The van der Waals surface area contributed by atoms with Crippen molar-refractivity contribution in [3.05, 3.63) is 140 Å². The SMILES string of the molecule is Cc1cc(N2C[C@H](CN=C(N)c3ccc(Cl)s3)OC2=O)cc(C)c1-n1cccc(CCO[Si](c2ccccc2)(c2ccccc2)C(C)(C)C)c1=O. The van der Waals surface area contributed by atoms with Crippen molar-refractivity contribution in [2.24, 2.45) is 10.7 Å². The van der Waals surface area contributed by atoms with Gasteiger partial charge in [0.25, 0.3) is 13.9 Å². The summed E-state index contributed by atoms with van der Waals surface area (Å²) in [5.74, 6) is 0.361. The van der Waals surface area contributed by atoms with Gasteiger partial charge in [-0.25, -0.2) is 4.79 Å². The fourth-order valence-electron chi connectivity index (χ4n) is 7.01. The Kier molecular flexibility index (Phi) is 10.7. The van der Waals surface area contributed by atoms with Crippen LogP contribution in [0.2, 0.25) is 9.37 Å². The number of aryl methyl sites for hydroxylation is 2. The number of nitrogens with two attached hydrogens (primary N) is 1. The lowest BCUT2D eigenvalue weighted by molar-refractivity contribution is 0.145. The van der Waals surface area contributed by atoms with Crippen molar-refractivity contribution in [2.45, 2.75) is 52.2 Å². The van der Waals surface area contributed by atoms with Crippen LogP contribution in [0, 0.1) is 13.8 Å². The molecule has 0 aliphatic carbocycles. The van der Waals surface area contributed by atoms with Crippen molar-refractivity contribution in [1.82, 2.24) is 4.57 Å². The number of nitrogens with zero attached hydrogens (tertiary/aromatic N) is 3. The summed E-state index contributed by atoms with van der Waals surface area (Å²) in [6.45, 7) is 11.6. The lowest BCUT2D eigenvalue weighted by Gasteiger charge is -2.43. The Morgan fingerprint density at radius 2 is 1.59 bits per heavy atom. The molecule has 5 aromatic rings.